The molecule has 0 aliphatic rings. The van der Waals surface area contributed by atoms with Crippen LogP contribution in [0.25, 0.3) is 0 Å². The van der Waals surface area contributed by atoms with Gasteiger partial charge in [-0.3, -0.25) is 15.0 Å². The highest BCUT2D eigenvalue weighted by Crippen LogP contribution is 2.30. The van der Waals surface area contributed by atoms with Gasteiger partial charge < -0.3 is 31.2 Å². The Morgan fingerprint density at radius 1 is 0.766 bits per heavy atom. The van der Waals surface area contributed by atoms with Crippen LogP contribution in [0.3, 0.4) is 0 Å². The van der Waals surface area contributed by atoms with Crippen molar-refractivity contribution in [2.24, 2.45) is 5.73 Å². The van der Waals surface area contributed by atoms with E-state index in [4.69, 9.17) is 20.6 Å². The van der Waals surface area contributed by atoms with E-state index in [2.05, 4.69) is 16.0 Å². The molecule has 1 unspecified atom stereocenters. The number of carbonyl (C=O) groups is 2. The summed E-state index contributed by atoms with van der Waals surface area (Å²) in [6, 6.07) is 38.2. The number of nitrogens with two attached hydrogens (primary N) is 1. The third kappa shape index (κ3) is 8.98. The van der Waals surface area contributed by atoms with Crippen LogP contribution >= 0.6 is 0 Å². The summed E-state index contributed by atoms with van der Waals surface area (Å²) in [4.78, 5) is 27.1. The van der Waals surface area contributed by atoms with E-state index in [1.807, 2.05) is 78.9 Å². The van der Waals surface area contributed by atoms with Gasteiger partial charge >= 0.3 is 0 Å². The molecule has 238 valence electrons. The summed E-state index contributed by atoms with van der Waals surface area (Å²) >= 11 is 0. The second-order valence-corrected chi connectivity index (χ2v) is 10.8. The van der Waals surface area contributed by atoms with E-state index in [9.17, 15) is 9.59 Å². The van der Waals surface area contributed by atoms with Crippen molar-refractivity contribution in [1.82, 2.24) is 5.32 Å². The largest absolute Gasteiger partial charge is 0.493 e. The van der Waals surface area contributed by atoms with Gasteiger partial charge in [0.15, 0.2) is 11.5 Å². The van der Waals surface area contributed by atoms with E-state index >= 15 is 0 Å². The fourth-order valence-electron chi connectivity index (χ4n) is 5.00. The number of benzene rings is 5. The summed E-state index contributed by atoms with van der Waals surface area (Å²) in [7, 11) is 1.56. The molecule has 2 amide bonds. The van der Waals surface area contributed by atoms with Crippen LogP contribution in [-0.4, -0.2) is 24.8 Å². The molecule has 5 rings (SSSR count). The van der Waals surface area contributed by atoms with Gasteiger partial charge in [-0.15, -0.1) is 0 Å². The molecule has 0 saturated heterocycles. The fourth-order valence-corrected chi connectivity index (χ4v) is 5.00. The average Bonchev–Trinajstić information content (AvgIpc) is 3.10. The van der Waals surface area contributed by atoms with Crippen LogP contribution in [0.5, 0.6) is 11.5 Å². The zero-order valence-electron chi connectivity index (χ0n) is 26.0. The number of methoxy groups -OCH3 is 1. The maximum Gasteiger partial charge on any atom is 0.247 e. The van der Waals surface area contributed by atoms with Crippen molar-refractivity contribution >= 4 is 29.0 Å². The highest BCUT2D eigenvalue weighted by molar-refractivity contribution is 5.96. The van der Waals surface area contributed by atoms with Gasteiger partial charge in [0, 0.05) is 29.0 Å². The molecule has 0 aliphatic heterocycles. The van der Waals surface area contributed by atoms with Gasteiger partial charge in [0.25, 0.3) is 0 Å². The first-order valence-electron chi connectivity index (χ1n) is 15.1. The van der Waals surface area contributed by atoms with Crippen molar-refractivity contribution in [3.8, 4) is 11.5 Å². The van der Waals surface area contributed by atoms with Crippen molar-refractivity contribution < 1.29 is 19.1 Å². The lowest BCUT2D eigenvalue weighted by Gasteiger charge is -2.23. The number of nitrogens with one attached hydrogen (secondary N) is 4. The van der Waals surface area contributed by atoms with Crippen LogP contribution in [0, 0.1) is 5.41 Å². The number of para-hydroxylation sites is 1. The topological polar surface area (TPSA) is 139 Å². The van der Waals surface area contributed by atoms with Crippen LogP contribution in [0.4, 0.5) is 11.4 Å². The Morgan fingerprint density at radius 2 is 1.43 bits per heavy atom. The number of rotatable bonds is 14. The fraction of sp³-hybridized carbons (Fsp3) is 0.132. The Kier molecular flexibility index (Phi) is 10.8. The standard InChI is InChI=1S/C38H37N5O4/c1-46-34-22-28(16-21-33(34)47-25-27-12-6-3-7-13-27)23-35(44)43-32-15-9-8-14-31(32)36(38(45)41-24-26-10-4-2-5-11-26)42-30-19-17-29(18-20-30)37(39)40/h2-22,36,42H,23-25H2,1H3,(H3,39,40)(H,41,45)(H,43,44). The molecule has 5 aromatic carbocycles. The average molecular weight is 628 g/mol. The lowest BCUT2D eigenvalue weighted by molar-refractivity contribution is -0.122. The highest BCUT2D eigenvalue weighted by atomic mass is 16.5. The number of nitrogen functional groups attached to an aromatic ring is 1. The summed E-state index contributed by atoms with van der Waals surface area (Å²) in [5, 5.41) is 17.0. The number of amidine groups is 1. The van der Waals surface area contributed by atoms with Crippen molar-refractivity contribution in [1.29, 1.82) is 5.41 Å². The SMILES string of the molecule is COc1cc(CC(=O)Nc2ccccc2C(Nc2ccc(C(=N)N)cc2)C(=O)NCc2ccccc2)ccc1OCc1ccccc1. The Morgan fingerprint density at radius 3 is 2.11 bits per heavy atom. The van der Waals surface area contributed by atoms with Gasteiger partial charge in [-0.25, -0.2) is 0 Å². The van der Waals surface area contributed by atoms with E-state index < -0.39 is 6.04 Å². The second kappa shape index (κ2) is 15.8. The predicted molar refractivity (Wildman–Crippen MR) is 185 cm³/mol. The molecule has 0 radical (unpaired) electrons. The summed E-state index contributed by atoms with van der Waals surface area (Å²) in [5.74, 6) is 0.530. The van der Waals surface area contributed by atoms with E-state index in [0.717, 1.165) is 16.7 Å². The predicted octanol–water partition coefficient (Wildman–Crippen LogP) is 6.21. The van der Waals surface area contributed by atoms with E-state index in [1.165, 1.54) is 0 Å². The molecule has 0 aromatic heterocycles. The van der Waals surface area contributed by atoms with Gasteiger partial charge in [0.1, 0.15) is 18.5 Å². The highest BCUT2D eigenvalue weighted by Gasteiger charge is 2.24. The number of hydrogen-bond acceptors (Lipinski definition) is 6. The van der Waals surface area contributed by atoms with E-state index in [-0.39, 0.29) is 24.1 Å². The maximum absolute atomic E-state index is 13.7. The summed E-state index contributed by atoms with van der Waals surface area (Å²) < 4.78 is 11.5. The molecule has 0 heterocycles. The number of anilines is 2. The molecule has 5 aromatic rings. The van der Waals surface area contributed by atoms with Crippen LogP contribution in [0.15, 0.2) is 127 Å². The first-order chi connectivity index (χ1) is 22.9. The third-order valence-corrected chi connectivity index (χ3v) is 7.45. The minimum Gasteiger partial charge on any atom is -0.493 e. The second-order valence-electron chi connectivity index (χ2n) is 10.8. The number of ether oxygens (including phenoxy) is 2. The summed E-state index contributed by atoms with van der Waals surface area (Å²) in [6.07, 6.45) is 0.0778. The molecule has 47 heavy (non-hydrogen) atoms. The van der Waals surface area contributed by atoms with Gasteiger partial charge in [-0.05, 0) is 59.2 Å². The first kappa shape index (κ1) is 32.3. The molecule has 0 saturated carbocycles. The quantitative estimate of drug-likeness (QED) is 0.0733. The number of carbonyl (C=O) groups excluding carboxylic acids is 2. The Labute approximate surface area is 274 Å². The molecular weight excluding hydrogens is 590 g/mol. The van der Waals surface area contributed by atoms with Gasteiger partial charge in [-0.1, -0.05) is 84.9 Å². The summed E-state index contributed by atoms with van der Waals surface area (Å²) in [5.41, 5.74) is 10.7. The zero-order valence-corrected chi connectivity index (χ0v) is 26.0. The van der Waals surface area contributed by atoms with Crippen molar-refractivity contribution in [3.63, 3.8) is 0 Å². The molecule has 9 heteroatoms. The Hall–Kier alpha value is -6.09. The maximum atomic E-state index is 13.7. The number of hydrogen-bond donors (Lipinski definition) is 5. The normalized spacial score (nSPS) is 11.2. The van der Waals surface area contributed by atoms with Crippen LogP contribution < -0.4 is 31.2 Å². The third-order valence-electron chi connectivity index (χ3n) is 7.45. The molecule has 9 nitrogen and oxygen atoms in total. The molecule has 0 spiro atoms. The van der Waals surface area contributed by atoms with Crippen LogP contribution in [0.2, 0.25) is 0 Å². The zero-order chi connectivity index (χ0) is 33.0. The van der Waals surface area contributed by atoms with Gasteiger partial charge in [-0.2, -0.15) is 0 Å². The van der Waals surface area contributed by atoms with Crippen molar-refractivity contribution in [3.05, 3.63) is 155 Å². The number of amides is 2. The minimum atomic E-state index is -0.848. The monoisotopic (exact) mass is 627 g/mol. The van der Waals surface area contributed by atoms with Crippen molar-refractivity contribution in [2.45, 2.75) is 25.6 Å². The lowest BCUT2D eigenvalue weighted by Crippen LogP contribution is -2.34. The molecular formula is C38H37N5O4. The molecule has 1 atom stereocenters. The molecule has 0 aliphatic carbocycles. The summed E-state index contributed by atoms with van der Waals surface area (Å²) in [6.45, 7) is 0.728. The van der Waals surface area contributed by atoms with E-state index in [0.29, 0.717) is 47.2 Å². The van der Waals surface area contributed by atoms with Gasteiger partial charge in [0.2, 0.25) is 11.8 Å². The van der Waals surface area contributed by atoms with Crippen LogP contribution in [-0.2, 0) is 29.2 Å². The Balaban J connectivity index is 1.32. The Bertz CT molecular complexity index is 1810. The van der Waals surface area contributed by atoms with Crippen LogP contribution in [0.1, 0.15) is 33.9 Å². The molecule has 0 fully saturated rings. The lowest BCUT2D eigenvalue weighted by atomic mass is 10.0. The van der Waals surface area contributed by atoms with E-state index in [1.54, 1.807) is 55.6 Å². The van der Waals surface area contributed by atoms with Gasteiger partial charge in [0.05, 0.1) is 13.5 Å². The minimum absolute atomic E-state index is 0.0475. The van der Waals surface area contributed by atoms with Crippen molar-refractivity contribution in [2.75, 3.05) is 17.7 Å². The molecule has 6 N–H and O–H groups in total. The first-order valence-corrected chi connectivity index (χ1v) is 15.1. The molecule has 0 bridgehead atoms. The smallest absolute Gasteiger partial charge is 0.247 e.